The van der Waals surface area contributed by atoms with E-state index in [0.29, 0.717) is 21.1 Å². The fraction of sp³-hybridized carbons (Fsp3) is 0.364. The van der Waals surface area contributed by atoms with Crippen LogP contribution in [-0.4, -0.2) is 21.3 Å². The van der Waals surface area contributed by atoms with Gasteiger partial charge in [0.2, 0.25) is 0 Å². The van der Waals surface area contributed by atoms with Crippen LogP contribution in [0.25, 0.3) is 11.1 Å². The highest BCUT2D eigenvalue weighted by Crippen LogP contribution is 2.63. The van der Waals surface area contributed by atoms with Crippen LogP contribution in [0.5, 0.6) is 5.75 Å². The van der Waals surface area contributed by atoms with Gasteiger partial charge in [-0.05, 0) is 77.6 Å². The van der Waals surface area contributed by atoms with Crippen molar-refractivity contribution in [1.29, 1.82) is 0 Å². The van der Waals surface area contributed by atoms with Gasteiger partial charge in [-0.15, -0.1) is 0 Å². The molecule has 0 bridgehead atoms. The van der Waals surface area contributed by atoms with E-state index < -0.39 is 9.84 Å². The number of hydrogen-bond donors (Lipinski definition) is 0. The maximum atomic E-state index is 12.1. The zero-order chi connectivity index (χ0) is 19.2. The maximum Gasteiger partial charge on any atom is 0.178 e. The number of benzene rings is 2. The molecule has 0 amide bonds. The van der Waals surface area contributed by atoms with Gasteiger partial charge in [-0.2, -0.15) is 0 Å². The summed E-state index contributed by atoms with van der Waals surface area (Å²) < 4.78 is 29.5. The Kier molecular flexibility index (Phi) is 4.59. The van der Waals surface area contributed by atoms with Crippen molar-refractivity contribution in [3.8, 4) is 5.75 Å². The summed E-state index contributed by atoms with van der Waals surface area (Å²) >= 11 is 6.36. The van der Waals surface area contributed by atoms with Gasteiger partial charge < -0.3 is 4.74 Å². The molecule has 1 fully saturated rings. The van der Waals surface area contributed by atoms with E-state index in [2.05, 4.69) is 6.07 Å². The van der Waals surface area contributed by atoms with Crippen LogP contribution < -0.4 is 4.74 Å². The number of halogens is 1. The van der Waals surface area contributed by atoms with Crippen LogP contribution in [0.4, 0.5) is 0 Å². The highest BCUT2D eigenvalue weighted by molar-refractivity contribution is 7.91. The van der Waals surface area contributed by atoms with E-state index in [4.69, 9.17) is 16.3 Å². The van der Waals surface area contributed by atoms with Gasteiger partial charge in [0.1, 0.15) is 5.75 Å². The summed E-state index contributed by atoms with van der Waals surface area (Å²) in [5, 5.41) is 0.614. The van der Waals surface area contributed by atoms with E-state index >= 15 is 0 Å². The smallest absolute Gasteiger partial charge is 0.178 e. The number of sulfone groups is 1. The van der Waals surface area contributed by atoms with Gasteiger partial charge in [-0.3, -0.25) is 0 Å². The normalized spacial score (nSPS) is 18.2. The molecule has 0 radical (unpaired) electrons. The Morgan fingerprint density at radius 2 is 1.59 bits per heavy atom. The van der Waals surface area contributed by atoms with E-state index in [0.717, 1.165) is 24.0 Å². The third-order valence-electron chi connectivity index (χ3n) is 5.87. The first-order valence-electron chi connectivity index (χ1n) is 9.27. The lowest BCUT2D eigenvalue weighted by Crippen LogP contribution is -2.03. The average Bonchev–Trinajstić information content (AvgIpc) is 3.32. The molecule has 0 aromatic heterocycles. The molecule has 2 aliphatic carbocycles. The molecule has 27 heavy (non-hydrogen) atoms. The second kappa shape index (κ2) is 6.68. The Bertz CT molecular complexity index is 1020. The first-order chi connectivity index (χ1) is 12.9. The van der Waals surface area contributed by atoms with E-state index in [1.165, 1.54) is 24.0 Å². The summed E-state index contributed by atoms with van der Waals surface area (Å²) in [7, 11) is -1.56. The van der Waals surface area contributed by atoms with Gasteiger partial charge in [0.25, 0.3) is 0 Å². The largest absolute Gasteiger partial charge is 0.495 e. The van der Waals surface area contributed by atoms with Crippen LogP contribution in [-0.2, 0) is 9.84 Å². The Labute approximate surface area is 165 Å². The third-order valence-corrected chi connectivity index (χ3v) is 7.91. The summed E-state index contributed by atoms with van der Waals surface area (Å²) in [5.74, 6) is 0.795. The van der Waals surface area contributed by atoms with Crippen LogP contribution in [0.15, 0.2) is 47.4 Å². The van der Waals surface area contributed by atoms with E-state index in [1.807, 2.05) is 24.3 Å². The quantitative estimate of drug-likeness (QED) is 0.651. The summed E-state index contributed by atoms with van der Waals surface area (Å²) in [6, 6.07) is 13.3. The van der Waals surface area contributed by atoms with Crippen molar-refractivity contribution in [3.63, 3.8) is 0 Å². The molecule has 4 rings (SSSR count). The summed E-state index contributed by atoms with van der Waals surface area (Å²) in [4.78, 5) is 0.391. The number of rotatable bonds is 5. The zero-order valence-corrected chi connectivity index (χ0v) is 17.2. The molecule has 5 heteroatoms. The van der Waals surface area contributed by atoms with Crippen LogP contribution >= 0.6 is 11.6 Å². The van der Waals surface area contributed by atoms with Crippen molar-refractivity contribution < 1.29 is 13.2 Å². The van der Waals surface area contributed by atoms with Crippen LogP contribution in [0.2, 0.25) is 5.02 Å². The molecule has 0 saturated heterocycles. The molecule has 2 aliphatic rings. The molecule has 142 valence electrons. The molecule has 2 aromatic carbocycles. The molecule has 1 spiro atoms. The lowest BCUT2D eigenvalue weighted by molar-refractivity contribution is 0.415. The molecular weight excluding hydrogens is 380 g/mol. The van der Waals surface area contributed by atoms with E-state index in [1.54, 1.807) is 26.2 Å². The second-order valence-electron chi connectivity index (χ2n) is 7.59. The average molecular weight is 403 g/mol. The molecule has 0 aliphatic heterocycles. The second-order valence-corrected chi connectivity index (χ2v) is 10.3. The first kappa shape index (κ1) is 18.6. The van der Waals surface area contributed by atoms with Crippen LogP contribution in [0.1, 0.15) is 43.7 Å². The predicted octanol–water partition coefficient (Wildman–Crippen LogP) is 5.63. The van der Waals surface area contributed by atoms with Gasteiger partial charge in [-0.25, -0.2) is 8.42 Å². The third kappa shape index (κ3) is 3.41. The number of methoxy groups -OCH3 is 1. The van der Waals surface area contributed by atoms with Gasteiger partial charge in [-0.1, -0.05) is 36.7 Å². The fourth-order valence-electron chi connectivity index (χ4n) is 3.99. The summed E-state index contributed by atoms with van der Waals surface area (Å²) in [6.07, 6.45) is 4.62. The highest BCUT2D eigenvalue weighted by Gasteiger charge is 2.48. The lowest BCUT2D eigenvalue weighted by atomic mass is 9.97. The fourth-order valence-corrected chi connectivity index (χ4v) is 5.13. The van der Waals surface area contributed by atoms with Crippen molar-refractivity contribution in [3.05, 3.63) is 58.6 Å². The van der Waals surface area contributed by atoms with Crippen molar-refractivity contribution in [2.45, 2.75) is 37.5 Å². The topological polar surface area (TPSA) is 43.4 Å². The zero-order valence-electron chi connectivity index (χ0n) is 15.6. The van der Waals surface area contributed by atoms with Crippen molar-refractivity contribution in [2.75, 3.05) is 12.9 Å². The molecular formula is C22H23ClO3S. The SMILES string of the molecule is CCS(=O)(=O)c1ccc(C2=C(c3ccc(OC)c(Cl)c3)CC3(CC3)C2)cc1. The number of allylic oxidation sites excluding steroid dienone is 2. The van der Waals surface area contributed by atoms with Crippen molar-refractivity contribution in [2.24, 2.45) is 5.41 Å². The monoisotopic (exact) mass is 402 g/mol. The Hall–Kier alpha value is -1.78. The first-order valence-corrected chi connectivity index (χ1v) is 11.3. The molecule has 2 aromatic rings. The lowest BCUT2D eigenvalue weighted by Gasteiger charge is -2.11. The van der Waals surface area contributed by atoms with Crippen molar-refractivity contribution >= 4 is 32.6 Å². The Balaban J connectivity index is 1.76. The molecule has 0 unspecified atom stereocenters. The Morgan fingerprint density at radius 1 is 1.00 bits per heavy atom. The molecule has 0 atom stereocenters. The minimum atomic E-state index is -3.18. The van der Waals surface area contributed by atoms with E-state index in [-0.39, 0.29) is 5.75 Å². The molecule has 1 saturated carbocycles. The Morgan fingerprint density at radius 3 is 2.11 bits per heavy atom. The minimum Gasteiger partial charge on any atom is -0.495 e. The van der Waals surface area contributed by atoms with Gasteiger partial charge in [0, 0.05) is 0 Å². The summed E-state index contributed by atoms with van der Waals surface area (Å²) in [6.45, 7) is 1.67. The van der Waals surface area contributed by atoms with Crippen LogP contribution in [0.3, 0.4) is 0 Å². The predicted molar refractivity (Wildman–Crippen MR) is 110 cm³/mol. The van der Waals surface area contributed by atoms with Gasteiger partial charge in [0.05, 0.1) is 22.8 Å². The van der Waals surface area contributed by atoms with Gasteiger partial charge >= 0.3 is 0 Å². The van der Waals surface area contributed by atoms with Crippen molar-refractivity contribution in [1.82, 2.24) is 0 Å². The molecule has 0 heterocycles. The standard InChI is InChI=1S/C22H23ClO3S/c1-3-27(24,25)17-7-4-15(5-8-17)18-13-22(10-11-22)14-19(18)16-6-9-21(26-2)20(23)12-16/h4-9,12H,3,10-11,13-14H2,1-2H3. The number of ether oxygens (including phenoxy) is 1. The van der Waals surface area contributed by atoms with E-state index in [9.17, 15) is 8.42 Å². The van der Waals surface area contributed by atoms with Gasteiger partial charge in [0.15, 0.2) is 9.84 Å². The van der Waals surface area contributed by atoms with Crippen LogP contribution in [0, 0.1) is 5.41 Å². The highest BCUT2D eigenvalue weighted by atomic mass is 35.5. The summed E-state index contributed by atoms with van der Waals surface area (Å²) in [5.41, 5.74) is 5.27. The molecule has 3 nitrogen and oxygen atoms in total. The number of hydrogen-bond acceptors (Lipinski definition) is 3. The maximum absolute atomic E-state index is 12.1. The minimum absolute atomic E-state index is 0.119. The molecule has 0 N–H and O–H groups in total.